The van der Waals surface area contributed by atoms with E-state index in [1.54, 1.807) is 54.9 Å². The van der Waals surface area contributed by atoms with E-state index in [0.29, 0.717) is 74.7 Å². The molecule has 768 valence electrons. The number of ether oxygens (including phenoxy) is 5. The minimum atomic E-state index is -2.21. The molecule has 0 radical (unpaired) electrons. The summed E-state index contributed by atoms with van der Waals surface area (Å²) in [6.45, 7) is 53.7. The molecule has 15 rings (SSSR count). The van der Waals surface area contributed by atoms with Gasteiger partial charge in [-0.3, -0.25) is 4.79 Å². The number of aryl methyl sites for hydroxylation is 5. The molecule has 0 saturated heterocycles. The fourth-order valence-corrected chi connectivity index (χ4v) is 27.3. The second kappa shape index (κ2) is 48.8. The van der Waals surface area contributed by atoms with Crippen LogP contribution in [0, 0.1) is 47.3 Å². The first-order chi connectivity index (χ1) is 65.2. The molecule has 5 aromatic rings. The molecule has 5 aliphatic carbocycles. The Labute approximate surface area is 836 Å². The van der Waals surface area contributed by atoms with Gasteiger partial charge in [-0.1, -0.05) is 187 Å². The van der Waals surface area contributed by atoms with Gasteiger partial charge >= 0.3 is 0 Å². The van der Waals surface area contributed by atoms with Crippen LogP contribution >= 0.6 is 7.14 Å². The van der Waals surface area contributed by atoms with Crippen molar-refractivity contribution in [3.05, 3.63) is 147 Å². The van der Waals surface area contributed by atoms with Crippen molar-refractivity contribution in [1.29, 1.82) is 0 Å². The number of rotatable bonds is 35. The van der Waals surface area contributed by atoms with Crippen molar-refractivity contribution in [2.75, 3.05) is 32.7 Å². The molecule has 5 fully saturated rings. The van der Waals surface area contributed by atoms with Gasteiger partial charge in [-0.2, -0.15) is 0 Å². The first kappa shape index (κ1) is 114. The van der Waals surface area contributed by atoms with E-state index in [-0.39, 0.29) is 159 Å². The molecular weight excluding hydrogens is 1820 g/mol. The van der Waals surface area contributed by atoms with Crippen LogP contribution in [0.15, 0.2) is 91.0 Å². The number of carbonyl (C=O) groups excluding carboxylic acids is 7. The highest BCUT2D eigenvalue weighted by molar-refractivity contribution is 7.63. The Morgan fingerprint density at radius 3 is 0.978 bits per heavy atom. The average Bonchev–Trinajstić information content (AvgIpc) is 1.60. The molecule has 0 bridgehead atoms. The van der Waals surface area contributed by atoms with Gasteiger partial charge in [0.05, 0.1) is 49.7 Å². The van der Waals surface area contributed by atoms with Crippen LogP contribution < -0.4 is 23.7 Å². The van der Waals surface area contributed by atoms with Gasteiger partial charge in [0.25, 0.3) is 0 Å². The fourth-order valence-electron chi connectivity index (χ4n) is 22.1. The van der Waals surface area contributed by atoms with E-state index >= 15 is 0 Å². The van der Waals surface area contributed by atoms with E-state index in [4.69, 9.17) is 37.0 Å². The summed E-state index contributed by atoms with van der Waals surface area (Å²) in [7, 11) is -7.86. The Balaban J connectivity index is 0.000000174. The number of para-hydroxylation sites is 5. The highest BCUT2D eigenvalue weighted by Crippen LogP contribution is 2.60. The van der Waals surface area contributed by atoms with Gasteiger partial charge < -0.3 is 90.7 Å². The van der Waals surface area contributed by atoms with Crippen molar-refractivity contribution in [3.8, 4) is 40.6 Å². The maximum Gasteiger partial charge on any atom is 0.192 e. The first-order valence-electron chi connectivity index (χ1n) is 52.2. The maximum absolute atomic E-state index is 12.1. The highest BCUT2D eigenvalue weighted by Gasteiger charge is 2.58. The largest absolute Gasteiger partial charge is 0.489 e. The lowest BCUT2D eigenvalue weighted by Gasteiger charge is -2.40. The molecule has 0 amide bonds. The maximum atomic E-state index is 12.1. The van der Waals surface area contributed by atoms with Crippen molar-refractivity contribution in [2.24, 2.45) is 35.5 Å². The van der Waals surface area contributed by atoms with Crippen molar-refractivity contribution in [3.63, 3.8) is 0 Å². The zero-order valence-electron chi connectivity index (χ0n) is 89.0. The Bertz CT molecular complexity index is 4930. The first-order valence-corrected chi connectivity index (χ1v) is 63.7. The summed E-state index contributed by atoms with van der Waals surface area (Å²) in [4.78, 5) is 79.4. The van der Waals surface area contributed by atoms with Gasteiger partial charge in [0.15, 0.2) is 25.0 Å². The van der Waals surface area contributed by atoms with Crippen LogP contribution in [0.1, 0.15) is 325 Å². The molecule has 0 unspecified atom stereocenters. The SMILES string of the molecule is CC#CC[C@H](C)C(=O)CP(C)(C)=O.CC(=O)CCCc1cccc2c1O[C@H]1C[C@@H](O)[C@H](CO)[C@@H]21.CC(=O)CCCc1cccc2c1O[C@H]1C[C@@H](O[Si](C)(C)C(C)(C)C)[C@H](C=O)[C@@H]21.CC(=O)CCCc1cccc2c1O[C@H]1C[C@@H](O[Si](C)(C)C(C)(C)C)[C@H](CO)[C@@H]21.CC[C@@H]1[C@H]2c3cccc(CCCC(C)=O)c3O[C@H]2C[C@H]1O.CC[C@@H]1[C@H]2c3cccc(CCCC(C)=O)c3O[C@H]2C[C@H]1O[Si](C)(C)C(C)(C)C. The molecule has 20 nitrogen and oxygen atoms in total. The smallest absolute Gasteiger partial charge is 0.192 e. The quantitative estimate of drug-likeness (QED) is 0.0127. The Morgan fingerprint density at radius 1 is 0.424 bits per heavy atom. The Hall–Kier alpha value is -7.05. The van der Waals surface area contributed by atoms with Crippen LogP contribution in [-0.4, -0.2) is 180 Å². The molecule has 5 aromatic carbocycles. The summed E-state index contributed by atoms with van der Waals surface area (Å²) >= 11 is 0. The number of hydrogen-bond acceptors (Lipinski definition) is 20. The molecule has 5 heterocycles. The van der Waals surface area contributed by atoms with E-state index < -0.39 is 38.2 Å². The number of Topliss-reactive ketones (excluding diaryl/α,β-unsaturated/α-hetero) is 6. The summed E-state index contributed by atoms with van der Waals surface area (Å²) in [6.07, 6.45) is 19.6. The van der Waals surface area contributed by atoms with Crippen molar-refractivity contribution < 1.29 is 95.5 Å². The minimum Gasteiger partial charge on any atom is -0.489 e. The molecule has 0 aromatic heterocycles. The van der Waals surface area contributed by atoms with Crippen LogP contribution in [0.3, 0.4) is 0 Å². The number of aliphatic hydroxyl groups excluding tert-OH is 4. The molecule has 21 atom stereocenters. The van der Waals surface area contributed by atoms with E-state index in [2.05, 4.69) is 200 Å². The zero-order chi connectivity index (χ0) is 103. The van der Waals surface area contributed by atoms with E-state index in [1.165, 1.54) is 33.4 Å². The van der Waals surface area contributed by atoms with Gasteiger partial charge in [0.2, 0.25) is 0 Å². The molecule has 24 heteroatoms. The van der Waals surface area contributed by atoms with Crippen molar-refractivity contribution in [2.45, 2.75) is 417 Å². The lowest BCUT2D eigenvalue weighted by atomic mass is 9.85. The fraction of sp³-hybridized carbons (Fsp3) is 0.661. The van der Waals surface area contributed by atoms with E-state index in [9.17, 15) is 58.6 Å². The van der Waals surface area contributed by atoms with Crippen LogP contribution in [0.4, 0.5) is 0 Å². The predicted octanol–water partition coefficient (Wildman–Crippen LogP) is 23.4. The predicted molar refractivity (Wildman–Crippen MR) is 562 cm³/mol. The molecule has 0 spiro atoms. The van der Waals surface area contributed by atoms with Crippen LogP contribution in [0.2, 0.25) is 54.4 Å². The zero-order valence-corrected chi connectivity index (χ0v) is 92.9. The molecule has 10 aliphatic rings. The normalized spacial score (nSPS) is 26.3. The summed E-state index contributed by atoms with van der Waals surface area (Å²) in [6, 6.07) is 31.6. The minimum absolute atomic E-state index is 0.00826. The second-order valence-electron chi connectivity index (χ2n) is 46.7. The van der Waals surface area contributed by atoms with Crippen molar-refractivity contribution in [1.82, 2.24) is 0 Å². The number of aldehydes is 1. The van der Waals surface area contributed by atoms with Crippen LogP contribution in [0.5, 0.6) is 28.7 Å². The third kappa shape index (κ3) is 28.2. The lowest BCUT2D eigenvalue weighted by molar-refractivity contribution is -0.120. The second-order valence-corrected chi connectivity index (χ2v) is 64.4. The van der Waals surface area contributed by atoms with Crippen LogP contribution in [-0.2, 0) is 83.5 Å². The van der Waals surface area contributed by atoms with Gasteiger partial charge in [-0.05, 0) is 213 Å². The lowest BCUT2D eigenvalue weighted by Crippen LogP contribution is -2.45. The number of aliphatic hydroxyl groups is 4. The number of carbonyl (C=O) groups is 7. The molecule has 4 N–H and O–H groups in total. The Morgan fingerprint density at radius 2 is 0.691 bits per heavy atom. The van der Waals surface area contributed by atoms with Crippen LogP contribution in [0.25, 0.3) is 0 Å². The highest BCUT2D eigenvalue weighted by atomic mass is 31.2. The summed E-state index contributed by atoms with van der Waals surface area (Å²) < 4.78 is 63.1. The summed E-state index contributed by atoms with van der Waals surface area (Å²) in [5.74, 6) is 13.5. The average molecular weight is 1990 g/mol. The summed E-state index contributed by atoms with van der Waals surface area (Å²) in [5.41, 5.74) is 12.1. The van der Waals surface area contributed by atoms with Gasteiger partial charge in [-0.25, -0.2) is 0 Å². The number of benzene rings is 5. The van der Waals surface area contributed by atoms with Gasteiger partial charge in [0, 0.05) is 159 Å². The molecule has 5 aliphatic heterocycles. The van der Waals surface area contributed by atoms with E-state index in [0.717, 1.165) is 160 Å². The monoisotopic (exact) mass is 1990 g/mol. The van der Waals surface area contributed by atoms with Gasteiger partial charge in [0.1, 0.15) is 100 Å². The Kier molecular flexibility index (Phi) is 40.0. The number of hydrogen-bond donors (Lipinski definition) is 4. The third-order valence-electron chi connectivity index (χ3n) is 32.6. The van der Waals surface area contributed by atoms with Gasteiger partial charge in [-0.15, -0.1) is 11.8 Å². The topological polar surface area (TPSA) is 291 Å². The molecule has 5 saturated carbocycles. The van der Waals surface area contributed by atoms with E-state index in [1.807, 2.05) is 25.1 Å². The molecule has 139 heavy (non-hydrogen) atoms. The molecular formula is C115H171O20PSi3. The third-order valence-corrected chi connectivity index (χ3v) is 47.2. The standard InChI is InChI=1S/C24H38O3Si.C23H36O4Si.C23H34O4Si.C18H24O3.C17H22O4.C10H17O2P/c1-8-18-20(27-28(6,7)24(3,4)5)15-21-22(18)19-14-10-13-17(23(19)26-21)12-9-11-16(2)25;2*1-15(25)9-7-10-16-11-8-12-17-21-18(14-24)19(13-20(21)26-22(16)17)27-28(5,6)23(2,3)4;1-3-13-15(20)10-16-17(13)14-9-5-8-12(18(14)21-16)7-4-6-11(2)19;1-10(19)4-2-5-11-6-3-7-12-16-13(9-18)14(20)8-15(16)21-17(11)12;1-5-6-7-9(2)10(11)8-13(3,4)12/h10,13-14,18,20-22H,8-9,11-12,15H2,1-7H3;8,11-12,18-21,24H,7,9-10,13-14H2,1-6H3;8,11-12,14,18-21H,7,9-10,13H2,1-6H3;5,8-9,13,15-17,20H,3-4,6-7,10H2,1-2H3;3,6-7,13-16,18,20H,2,4-5,8-9H2,1H3;9H,7-8H2,1-4H3/t18-,20+,21-,22-;2*18-,19+,20-,21+;13-,15+,16-,17-;13-,14+,15-,16+;9-/m000000/s1. The number of ketones is 6. The van der Waals surface area contributed by atoms with Crippen molar-refractivity contribution >= 4 is 73.1 Å². The summed E-state index contributed by atoms with van der Waals surface area (Å²) in [5, 5.41) is 40.4. The number of fused-ring (bicyclic) bond motifs is 15.